The van der Waals surface area contributed by atoms with Gasteiger partial charge in [0.2, 0.25) is 0 Å². The summed E-state index contributed by atoms with van der Waals surface area (Å²) in [5.41, 5.74) is 0.0354. The highest BCUT2D eigenvalue weighted by molar-refractivity contribution is 7.87. The number of alkyl halides is 1. The predicted molar refractivity (Wildman–Crippen MR) is 69.3 cm³/mol. The zero-order valence-corrected chi connectivity index (χ0v) is 11.9. The molecule has 2 aliphatic rings. The highest BCUT2D eigenvalue weighted by Gasteiger charge is 2.43. The number of halogens is 1. The molecule has 1 atom stereocenters. The highest BCUT2D eigenvalue weighted by atomic mass is 35.5. The van der Waals surface area contributed by atoms with Gasteiger partial charge in [-0.3, -0.25) is 0 Å². The van der Waals surface area contributed by atoms with Gasteiger partial charge in [0.25, 0.3) is 10.2 Å². The third-order valence-electron chi connectivity index (χ3n) is 3.92. The van der Waals surface area contributed by atoms with E-state index >= 15 is 0 Å². The minimum Gasteiger partial charge on any atom is -0.202 e. The summed E-state index contributed by atoms with van der Waals surface area (Å²) in [6.45, 7) is 3.11. The third-order valence-corrected chi connectivity index (χ3v) is 6.16. The van der Waals surface area contributed by atoms with Crippen LogP contribution in [0.25, 0.3) is 0 Å². The summed E-state index contributed by atoms with van der Waals surface area (Å²) in [5, 5.41) is 0. The summed E-state index contributed by atoms with van der Waals surface area (Å²) in [6.07, 6.45) is 5.12. The maximum Gasteiger partial charge on any atom is 0.279 e. The van der Waals surface area contributed by atoms with Crippen LogP contribution in [-0.2, 0) is 10.2 Å². The van der Waals surface area contributed by atoms with Gasteiger partial charge in [0.15, 0.2) is 0 Å². The van der Waals surface area contributed by atoms with E-state index in [2.05, 4.69) is 4.72 Å². The molecule has 1 heterocycles. The Morgan fingerprint density at radius 3 is 2.65 bits per heavy atom. The first-order chi connectivity index (χ1) is 7.99. The Morgan fingerprint density at radius 1 is 1.41 bits per heavy atom. The molecule has 6 heteroatoms. The zero-order valence-electron chi connectivity index (χ0n) is 10.3. The zero-order chi connectivity index (χ0) is 12.5. The number of nitrogens with zero attached hydrogens (tertiary/aromatic N) is 1. The monoisotopic (exact) mass is 280 g/mol. The Bertz CT molecular complexity index is 368. The molecule has 1 aliphatic heterocycles. The van der Waals surface area contributed by atoms with Gasteiger partial charge in [-0.2, -0.15) is 12.7 Å². The molecule has 1 N–H and O–H groups in total. The molecule has 100 valence electrons. The Balaban J connectivity index is 1.93. The van der Waals surface area contributed by atoms with Crippen molar-refractivity contribution in [3.05, 3.63) is 0 Å². The van der Waals surface area contributed by atoms with E-state index in [1.165, 1.54) is 0 Å². The number of hydrogen-bond acceptors (Lipinski definition) is 2. The van der Waals surface area contributed by atoms with E-state index in [0.717, 1.165) is 32.1 Å². The second-order valence-electron chi connectivity index (χ2n) is 5.42. The molecular formula is C11H21ClN2O2S. The number of rotatable bonds is 5. The molecule has 0 radical (unpaired) electrons. The molecule has 0 spiro atoms. The average molecular weight is 281 g/mol. The van der Waals surface area contributed by atoms with Gasteiger partial charge in [-0.05, 0) is 38.0 Å². The summed E-state index contributed by atoms with van der Waals surface area (Å²) >= 11 is 5.85. The number of hydrogen-bond donors (Lipinski definition) is 1. The largest absolute Gasteiger partial charge is 0.279 e. The second-order valence-corrected chi connectivity index (χ2v) is 7.39. The molecule has 0 aromatic heterocycles. The van der Waals surface area contributed by atoms with Crippen molar-refractivity contribution in [1.29, 1.82) is 0 Å². The van der Waals surface area contributed by atoms with Crippen LogP contribution in [0.15, 0.2) is 0 Å². The maximum atomic E-state index is 12.2. The molecule has 2 fully saturated rings. The van der Waals surface area contributed by atoms with Gasteiger partial charge < -0.3 is 0 Å². The van der Waals surface area contributed by atoms with Gasteiger partial charge in [0.1, 0.15) is 0 Å². The molecule has 0 aromatic carbocycles. The fourth-order valence-corrected chi connectivity index (χ4v) is 4.26. The first-order valence-electron chi connectivity index (χ1n) is 6.32. The van der Waals surface area contributed by atoms with Crippen LogP contribution in [0.4, 0.5) is 0 Å². The lowest BCUT2D eigenvalue weighted by Crippen LogP contribution is -2.49. The van der Waals surface area contributed by atoms with Gasteiger partial charge in [0.05, 0.1) is 0 Å². The standard InChI is InChI=1S/C11H21ClN2O2S/c1-10-4-2-3-7-14(10)17(15,16)13-9-11(8-12)5-6-11/h10,13H,2-9H2,1H3. The second kappa shape index (κ2) is 5.03. The molecule has 1 aliphatic carbocycles. The quantitative estimate of drug-likeness (QED) is 0.780. The van der Waals surface area contributed by atoms with E-state index in [-0.39, 0.29) is 11.5 Å². The van der Waals surface area contributed by atoms with Gasteiger partial charge >= 0.3 is 0 Å². The number of nitrogens with one attached hydrogen (secondary N) is 1. The van der Waals surface area contributed by atoms with Crippen LogP contribution in [0.5, 0.6) is 0 Å². The maximum absolute atomic E-state index is 12.2. The highest BCUT2D eigenvalue weighted by Crippen LogP contribution is 2.46. The Kier molecular flexibility index (Phi) is 4.02. The molecule has 1 saturated heterocycles. The summed E-state index contributed by atoms with van der Waals surface area (Å²) in [7, 11) is -3.31. The van der Waals surface area contributed by atoms with Crippen LogP contribution in [0.1, 0.15) is 39.0 Å². The van der Waals surface area contributed by atoms with E-state index in [9.17, 15) is 8.42 Å². The summed E-state index contributed by atoms with van der Waals surface area (Å²) in [6, 6.07) is 0.118. The molecule has 1 saturated carbocycles. The molecule has 0 bridgehead atoms. The van der Waals surface area contributed by atoms with E-state index in [1.54, 1.807) is 4.31 Å². The molecule has 4 nitrogen and oxygen atoms in total. The van der Waals surface area contributed by atoms with E-state index in [1.807, 2.05) is 6.92 Å². The lowest BCUT2D eigenvalue weighted by atomic mass is 10.1. The molecule has 2 rings (SSSR count). The van der Waals surface area contributed by atoms with Crippen LogP contribution < -0.4 is 4.72 Å². The SMILES string of the molecule is CC1CCCCN1S(=O)(=O)NCC1(CCl)CC1. The molecule has 0 amide bonds. The van der Waals surface area contributed by atoms with Gasteiger partial charge in [0, 0.05) is 25.0 Å². The van der Waals surface area contributed by atoms with E-state index in [4.69, 9.17) is 11.6 Å². The summed E-state index contributed by atoms with van der Waals surface area (Å²) in [5.74, 6) is 0.547. The summed E-state index contributed by atoms with van der Waals surface area (Å²) in [4.78, 5) is 0. The van der Waals surface area contributed by atoms with Crippen molar-refractivity contribution in [1.82, 2.24) is 9.03 Å². The molecule has 1 unspecified atom stereocenters. The average Bonchev–Trinajstić information content (AvgIpc) is 3.08. The third kappa shape index (κ3) is 3.13. The van der Waals surface area contributed by atoms with Crippen LogP contribution in [-0.4, -0.2) is 37.7 Å². The van der Waals surface area contributed by atoms with Crippen LogP contribution in [0, 0.1) is 5.41 Å². The van der Waals surface area contributed by atoms with Crippen molar-refractivity contribution in [3.8, 4) is 0 Å². The molecule has 17 heavy (non-hydrogen) atoms. The van der Waals surface area contributed by atoms with Crippen LogP contribution in [0.2, 0.25) is 0 Å². The Morgan fingerprint density at radius 2 is 2.12 bits per heavy atom. The van der Waals surface area contributed by atoms with Crippen molar-refractivity contribution in [2.75, 3.05) is 19.0 Å². The lowest BCUT2D eigenvalue weighted by Gasteiger charge is -2.32. The first kappa shape index (κ1) is 13.6. The van der Waals surface area contributed by atoms with Crippen molar-refractivity contribution in [2.45, 2.75) is 45.1 Å². The minimum atomic E-state index is -3.31. The van der Waals surface area contributed by atoms with Crippen molar-refractivity contribution < 1.29 is 8.42 Å². The van der Waals surface area contributed by atoms with Crippen molar-refractivity contribution in [2.24, 2.45) is 5.41 Å². The smallest absolute Gasteiger partial charge is 0.202 e. The first-order valence-corrected chi connectivity index (χ1v) is 8.29. The lowest BCUT2D eigenvalue weighted by molar-refractivity contribution is 0.264. The fraction of sp³-hybridized carbons (Fsp3) is 1.00. The molecule has 0 aromatic rings. The Labute approximate surface area is 109 Å². The Hall–Kier alpha value is 0.160. The van der Waals surface area contributed by atoms with Crippen molar-refractivity contribution in [3.63, 3.8) is 0 Å². The minimum absolute atomic E-state index is 0.0354. The summed E-state index contributed by atoms with van der Waals surface area (Å²) < 4.78 is 28.6. The predicted octanol–water partition coefficient (Wildman–Crippen LogP) is 1.71. The van der Waals surface area contributed by atoms with Gasteiger partial charge in [-0.15, -0.1) is 11.6 Å². The van der Waals surface area contributed by atoms with Gasteiger partial charge in [-0.25, -0.2) is 4.72 Å². The van der Waals surface area contributed by atoms with Gasteiger partial charge in [-0.1, -0.05) is 6.42 Å². The number of piperidine rings is 1. The fourth-order valence-electron chi connectivity index (χ4n) is 2.29. The molecular weight excluding hydrogens is 260 g/mol. The van der Waals surface area contributed by atoms with E-state index < -0.39 is 10.2 Å². The normalized spacial score (nSPS) is 29.2. The topological polar surface area (TPSA) is 49.4 Å². The van der Waals surface area contributed by atoms with Crippen LogP contribution >= 0.6 is 11.6 Å². The van der Waals surface area contributed by atoms with Crippen LogP contribution in [0.3, 0.4) is 0 Å². The van der Waals surface area contributed by atoms with Crippen molar-refractivity contribution >= 4 is 21.8 Å². The van der Waals surface area contributed by atoms with E-state index in [0.29, 0.717) is 19.0 Å².